The van der Waals surface area contributed by atoms with Gasteiger partial charge in [0.15, 0.2) is 0 Å². The molecular formula is C11H9N3O3S. The third kappa shape index (κ3) is 2.46. The number of nitrogens with one attached hydrogen (secondary N) is 1. The Balaban J connectivity index is 2.45. The molecule has 2 heterocycles. The standard InChI is InChI=1S/C11H9N3O3S/c12-11(17)14-9-7(10(15)16)5-8(18-9)6-1-3-13-4-2-6/h1-5H,(H,15,16)(H3,12,14,17). The first-order valence-electron chi connectivity index (χ1n) is 4.92. The molecule has 0 unspecified atom stereocenters. The molecule has 2 aromatic rings. The van der Waals surface area contributed by atoms with Crippen molar-refractivity contribution in [3.63, 3.8) is 0 Å². The molecule has 2 rings (SSSR count). The molecular weight excluding hydrogens is 254 g/mol. The zero-order chi connectivity index (χ0) is 13.1. The smallest absolute Gasteiger partial charge is 0.338 e. The Hall–Kier alpha value is -2.41. The average Bonchev–Trinajstić information content (AvgIpc) is 2.73. The minimum absolute atomic E-state index is 0.0191. The first-order valence-corrected chi connectivity index (χ1v) is 5.73. The molecule has 0 aliphatic heterocycles. The molecule has 0 fully saturated rings. The molecule has 0 spiro atoms. The molecule has 2 amide bonds. The van der Waals surface area contributed by atoms with Crippen molar-refractivity contribution in [2.75, 3.05) is 5.32 Å². The topological polar surface area (TPSA) is 105 Å². The number of carboxylic acid groups (broad SMARTS) is 1. The van der Waals surface area contributed by atoms with E-state index in [0.29, 0.717) is 0 Å². The first kappa shape index (κ1) is 12.1. The van der Waals surface area contributed by atoms with Gasteiger partial charge in [0.1, 0.15) is 5.00 Å². The molecule has 0 aliphatic rings. The number of anilines is 1. The van der Waals surface area contributed by atoms with Crippen molar-refractivity contribution >= 4 is 28.3 Å². The summed E-state index contributed by atoms with van der Waals surface area (Å²) in [6.45, 7) is 0. The van der Waals surface area contributed by atoms with Crippen LogP contribution in [0.25, 0.3) is 10.4 Å². The number of aromatic nitrogens is 1. The highest BCUT2D eigenvalue weighted by Crippen LogP contribution is 2.35. The van der Waals surface area contributed by atoms with E-state index < -0.39 is 12.0 Å². The molecule has 0 atom stereocenters. The lowest BCUT2D eigenvalue weighted by Gasteiger charge is -1.98. The van der Waals surface area contributed by atoms with Crippen LogP contribution in [-0.2, 0) is 0 Å². The maximum atomic E-state index is 11.1. The van der Waals surface area contributed by atoms with Crippen molar-refractivity contribution in [2.45, 2.75) is 0 Å². The van der Waals surface area contributed by atoms with E-state index >= 15 is 0 Å². The first-order chi connectivity index (χ1) is 8.58. The summed E-state index contributed by atoms with van der Waals surface area (Å²) in [4.78, 5) is 26.5. The Morgan fingerprint density at radius 1 is 1.33 bits per heavy atom. The summed E-state index contributed by atoms with van der Waals surface area (Å²) in [7, 11) is 0. The number of urea groups is 1. The number of nitrogens with two attached hydrogens (primary N) is 1. The highest BCUT2D eigenvalue weighted by Gasteiger charge is 2.17. The predicted molar refractivity (Wildman–Crippen MR) is 67.7 cm³/mol. The molecule has 4 N–H and O–H groups in total. The monoisotopic (exact) mass is 263 g/mol. The van der Waals surface area contributed by atoms with Gasteiger partial charge in [-0.15, -0.1) is 11.3 Å². The third-order valence-electron chi connectivity index (χ3n) is 2.16. The van der Waals surface area contributed by atoms with Gasteiger partial charge in [0, 0.05) is 17.3 Å². The van der Waals surface area contributed by atoms with E-state index in [1.54, 1.807) is 24.5 Å². The second-order valence-electron chi connectivity index (χ2n) is 3.38. The van der Waals surface area contributed by atoms with Crippen LogP contribution >= 0.6 is 11.3 Å². The van der Waals surface area contributed by atoms with E-state index in [1.165, 1.54) is 6.07 Å². The van der Waals surface area contributed by atoms with E-state index in [0.717, 1.165) is 21.8 Å². The molecule has 18 heavy (non-hydrogen) atoms. The summed E-state index contributed by atoms with van der Waals surface area (Å²) in [5, 5.41) is 11.6. The van der Waals surface area contributed by atoms with Gasteiger partial charge in [0.05, 0.1) is 5.56 Å². The average molecular weight is 263 g/mol. The zero-order valence-corrected chi connectivity index (χ0v) is 9.90. The quantitative estimate of drug-likeness (QED) is 0.787. The van der Waals surface area contributed by atoms with Gasteiger partial charge in [-0.3, -0.25) is 10.3 Å². The van der Waals surface area contributed by atoms with Crippen LogP contribution in [-0.4, -0.2) is 22.1 Å². The lowest BCUT2D eigenvalue weighted by atomic mass is 10.2. The zero-order valence-electron chi connectivity index (χ0n) is 9.08. The van der Waals surface area contributed by atoms with Gasteiger partial charge in [0.2, 0.25) is 0 Å². The van der Waals surface area contributed by atoms with Gasteiger partial charge in [-0.2, -0.15) is 0 Å². The molecule has 0 radical (unpaired) electrons. The molecule has 7 heteroatoms. The summed E-state index contributed by atoms with van der Waals surface area (Å²) in [5.74, 6) is -1.12. The summed E-state index contributed by atoms with van der Waals surface area (Å²) >= 11 is 1.15. The normalized spacial score (nSPS) is 10.0. The predicted octanol–water partition coefficient (Wildman–Crippen LogP) is 2.00. The van der Waals surface area contributed by atoms with Crippen LogP contribution in [0.15, 0.2) is 30.6 Å². The molecule has 0 saturated carbocycles. The number of carbonyl (C=O) groups excluding carboxylic acids is 1. The van der Waals surface area contributed by atoms with Crippen molar-refractivity contribution in [1.29, 1.82) is 0 Å². The number of nitrogens with zero attached hydrogens (tertiary/aromatic N) is 1. The maximum absolute atomic E-state index is 11.1. The van der Waals surface area contributed by atoms with Gasteiger partial charge < -0.3 is 10.8 Å². The Kier molecular flexibility index (Phi) is 3.24. The number of aromatic carboxylic acids is 1. The van der Waals surface area contributed by atoms with Crippen LogP contribution in [0.1, 0.15) is 10.4 Å². The molecule has 0 aliphatic carbocycles. The Morgan fingerprint density at radius 2 is 2.00 bits per heavy atom. The molecule has 6 nitrogen and oxygen atoms in total. The molecule has 0 saturated heterocycles. The van der Waals surface area contributed by atoms with Crippen LogP contribution in [0.3, 0.4) is 0 Å². The summed E-state index contributed by atoms with van der Waals surface area (Å²) < 4.78 is 0. The van der Waals surface area contributed by atoms with Gasteiger partial charge >= 0.3 is 12.0 Å². The van der Waals surface area contributed by atoms with E-state index in [1.807, 2.05) is 0 Å². The van der Waals surface area contributed by atoms with E-state index in [9.17, 15) is 9.59 Å². The third-order valence-corrected chi connectivity index (χ3v) is 3.26. The van der Waals surface area contributed by atoms with E-state index in [2.05, 4.69) is 10.3 Å². The van der Waals surface area contributed by atoms with Crippen LogP contribution in [0.2, 0.25) is 0 Å². The minimum Gasteiger partial charge on any atom is -0.478 e. The lowest BCUT2D eigenvalue weighted by Crippen LogP contribution is -2.19. The van der Waals surface area contributed by atoms with Crippen LogP contribution < -0.4 is 11.1 Å². The second kappa shape index (κ2) is 4.84. The van der Waals surface area contributed by atoms with Gasteiger partial charge in [-0.1, -0.05) is 0 Å². The van der Waals surface area contributed by atoms with Crippen molar-refractivity contribution in [3.8, 4) is 10.4 Å². The van der Waals surface area contributed by atoms with Gasteiger partial charge in [-0.05, 0) is 23.8 Å². The number of thiophene rings is 1. The van der Waals surface area contributed by atoms with Crippen molar-refractivity contribution < 1.29 is 14.7 Å². The summed E-state index contributed by atoms with van der Waals surface area (Å²) in [5.41, 5.74) is 5.84. The number of rotatable bonds is 3. The van der Waals surface area contributed by atoms with Gasteiger partial charge in [0.25, 0.3) is 0 Å². The number of primary amides is 1. The van der Waals surface area contributed by atoms with Crippen molar-refractivity contribution in [3.05, 3.63) is 36.2 Å². The molecule has 2 aromatic heterocycles. The summed E-state index contributed by atoms with van der Waals surface area (Å²) in [6, 6.07) is 4.21. The van der Waals surface area contributed by atoms with Crippen molar-refractivity contribution in [2.24, 2.45) is 5.73 Å². The summed E-state index contributed by atoms with van der Waals surface area (Å²) in [6.07, 6.45) is 3.22. The fraction of sp³-hybridized carbons (Fsp3) is 0. The lowest BCUT2D eigenvalue weighted by molar-refractivity contribution is 0.0698. The van der Waals surface area contributed by atoms with E-state index in [4.69, 9.17) is 10.8 Å². The number of pyridine rings is 1. The number of carbonyl (C=O) groups is 2. The number of carboxylic acids is 1. The van der Waals surface area contributed by atoms with Crippen molar-refractivity contribution in [1.82, 2.24) is 4.98 Å². The Labute approximate surface area is 106 Å². The van der Waals surface area contributed by atoms with Gasteiger partial charge in [-0.25, -0.2) is 9.59 Å². The molecule has 0 aromatic carbocycles. The highest BCUT2D eigenvalue weighted by molar-refractivity contribution is 7.20. The number of amides is 2. The fourth-order valence-corrected chi connectivity index (χ4v) is 2.47. The Bertz CT molecular complexity index is 595. The largest absolute Gasteiger partial charge is 0.478 e. The molecule has 0 bridgehead atoms. The number of hydrogen-bond acceptors (Lipinski definition) is 4. The SMILES string of the molecule is NC(=O)Nc1sc(-c2ccncc2)cc1C(=O)O. The van der Waals surface area contributed by atoms with Crippen LogP contribution in [0, 0.1) is 0 Å². The molecule has 92 valence electrons. The highest BCUT2D eigenvalue weighted by atomic mass is 32.1. The van der Waals surface area contributed by atoms with Crippen LogP contribution in [0.5, 0.6) is 0 Å². The second-order valence-corrected chi connectivity index (χ2v) is 4.44. The minimum atomic E-state index is -1.12. The Morgan fingerprint density at radius 3 is 2.56 bits per heavy atom. The van der Waals surface area contributed by atoms with E-state index in [-0.39, 0.29) is 10.6 Å². The van der Waals surface area contributed by atoms with Crippen LogP contribution in [0.4, 0.5) is 9.80 Å². The number of hydrogen-bond donors (Lipinski definition) is 3. The fourth-order valence-electron chi connectivity index (χ4n) is 1.41. The maximum Gasteiger partial charge on any atom is 0.338 e.